The highest BCUT2D eigenvalue weighted by Gasteiger charge is 2.19. The average molecular weight is 278 g/mol. The summed E-state index contributed by atoms with van der Waals surface area (Å²) in [5, 5.41) is 3.43. The molecule has 1 N–H and O–H groups in total. The van der Waals surface area contributed by atoms with Gasteiger partial charge in [0.25, 0.3) is 0 Å². The molecule has 0 aromatic carbocycles. The minimum Gasteiger partial charge on any atom is -0.332 e. The van der Waals surface area contributed by atoms with Crippen LogP contribution < -0.4 is 5.32 Å². The lowest BCUT2D eigenvalue weighted by Crippen LogP contribution is -2.28. The Kier molecular flexibility index (Phi) is 5.61. The summed E-state index contributed by atoms with van der Waals surface area (Å²) >= 11 is 0. The van der Waals surface area contributed by atoms with Crippen molar-refractivity contribution in [1.29, 1.82) is 0 Å². The standard InChI is InChI=1S/C16H30N4/c1-5-7-16-18-14-12-17-9-8-15(14)20(16)11-6-10-19(4)13(2)3/h13,17H,5-12H2,1-4H3. The van der Waals surface area contributed by atoms with Crippen molar-refractivity contribution in [1.82, 2.24) is 19.8 Å². The highest BCUT2D eigenvalue weighted by molar-refractivity contribution is 5.20. The number of imidazole rings is 1. The molecule has 0 amide bonds. The Labute approximate surface area is 123 Å². The van der Waals surface area contributed by atoms with Gasteiger partial charge in [-0.3, -0.25) is 0 Å². The van der Waals surface area contributed by atoms with Crippen LogP contribution in [0.1, 0.15) is 50.8 Å². The smallest absolute Gasteiger partial charge is 0.109 e. The van der Waals surface area contributed by atoms with Crippen molar-refractivity contribution in [3.05, 3.63) is 17.2 Å². The van der Waals surface area contributed by atoms with Crippen LogP contribution in [-0.2, 0) is 25.9 Å². The van der Waals surface area contributed by atoms with Crippen molar-refractivity contribution in [2.24, 2.45) is 0 Å². The Hall–Kier alpha value is -0.870. The van der Waals surface area contributed by atoms with E-state index in [9.17, 15) is 0 Å². The van der Waals surface area contributed by atoms with Crippen molar-refractivity contribution in [3.63, 3.8) is 0 Å². The summed E-state index contributed by atoms with van der Waals surface area (Å²) in [5.41, 5.74) is 2.77. The second-order valence-corrected chi connectivity index (χ2v) is 6.18. The van der Waals surface area contributed by atoms with Gasteiger partial charge in [-0.1, -0.05) is 6.92 Å². The van der Waals surface area contributed by atoms with E-state index in [1.54, 1.807) is 0 Å². The SMILES string of the molecule is CCCc1nc2c(n1CCCN(C)C(C)C)CCNC2. The summed E-state index contributed by atoms with van der Waals surface area (Å²) in [6.07, 6.45) is 4.62. The zero-order valence-corrected chi connectivity index (χ0v) is 13.6. The molecule has 1 aromatic heterocycles. The summed E-state index contributed by atoms with van der Waals surface area (Å²) < 4.78 is 2.51. The van der Waals surface area contributed by atoms with Gasteiger partial charge in [-0.2, -0.15) is 0 Å². The molecular weight excluding hydrogens is 248 g/mol. The molecule has 4 nitrogen and oxygen atoms in total. The molecule has 2 heterocycles. The molecule has 1 aliphatic heterocycles. The van der Waals surface area contributed by atoms with Gasteiger partial charge in [0.05, 0.1) is 5.69 Å². The highest BCUT2D eigenvalue weighted by Crippen LogP contribution is 2.18. The Morgan fingerprint density at radius 3 is 2.90 bits per heavy atom. The molecule has 0 saturated heterocycles. The summed E-state index contributed by atoms with van der Waals surface area (Å²) in [4.78, 5) is 7.28. The molecule has 0 spiro atoms. The fraction of sp³-hybridized carbons (Fsp3) is 0.812. The minimum atomic E-state index is 0.631. The Morgan fingerprint density at radius 2 is 2.20 bits per heavy atom. The molecule has 0 radical (unpaired) electrons. The van der Waals surface area contributed by atoms with Crippen molar-refractivity contribution in [2.45, 2.75) is 65.6 Å². The second-order valence-electron chi connectivity index (χ2n) is 6.18. The van der Waals surface area contributed by atoms with Gasteiger partial charge in [0.1, 0.15) is 5.82 Å². The lowest BCUT2D eigenvalue weighted by molar-refractivity contribution is 0.264. The van der Waals surface area contributed by atoms with Crippen LogP contribution in [0.15, 0.2) is 0 Å². The zero-order chi connectivity index (χ0) is 14.5. The fourth-order valence-electron chi connectivity index (χ4n) is 2.84. The lowest BCUT2D eigenvalue weighted by atomic mass is 10.2. The predicted molar refractivity (Wildman–Crippen MR) is 84.0 cm³/mol. The van der Waals surface area contributed by atoms with E-state index < -0.39 is 0 Å². The maximum absolute atomic E-state index is 4.86. The van der Waals surface area contributed by atoms with Crippen molar-refractivity contribution < 1.29 is 0 Å². The van der Waals surface area contributed by atoms with Gasteiger partial charge in [0.2, 0.25) is 0 Å². The number of rotatable bonds is 7. The number of nitrogens with one attached hydrogen (secondary N) is 1. The summed E-state index contributed by atoms with van der Waals surface area (Å²) in [5.74, 6) is 1.30. The highest BCUT2D eigenvalue weighted by atomic mass is 15.1. The molecule has 4 heteroatoms. The van der Waals surface area contributed by atoms with E-state index in [4.69, 9.17) is 4.98 Å². The predicted octanol–water partition coefficient (Wildman–Crippen LogP) is 2.21. The van der Waals surface area contributed by atoms with Crippen LogP contribution in [0.5, 0.6) is 0 Å². The largest absolute Gasteiger partial charge is 0.332 e. The van der Waals surface area contributed by atoms with Crippen molar-refractivity contribution >= 4 is 0 Å². The Bertz CT molecular complexity index is 422. The van der Waals surface area contributed by atoms with Crippen LogP contribution in [0.2, 0.25) is 0 Å². The van der Waals surface area contributed by atoms with Gasteiger partial charge in [0, 0.05) is 44.2 Å². The lowest BCUT2D eigenvalue weighted by Gasteiger charge is -2.22. The van der Waals surface area contributed by atoms with E-state index in [0.29, 0.717) is 6.04 Å². The molecule has 20 heavy (non-hydrogen) atoms. The van der Waals surface area contributed by atoms with Gasteiger partial charge >= 0.3 is 0 Å². The van der Waals surface area contributed by atoms with Gasteiger partial charge in [0.15, 0.2) is 0 Å². The molecule has 0 fully saturated rings. The molecule has 0 unspecified atom stereocenters. The topological polar surface area (TPSA) is 33.1 Å². The summed E-state index contributed by atoms with van der Waals surface area (Å²) in [7, 11) is 2.21. The first-order valence-electron chi connectivity index (χ1n) is 8.11. The van der Waals surface area contributed by atoms with Gasteiger partial charge in [-0.05, 0) is 40.3 Å². The fourth-order valence-corrected chi connectivity index (χ4v) is 2.84. The maximum atomic E-state index is 4.86. The number of aryl methyl sites for hydroxylation is 1. The molecule has 2 rings (SSSR count). The molecule has 0 saturated carbocycles. The third-order valence-corrected chi connectivity index (χ3v) is 4.31. The third-order valence-electron chi connectivity index (χ3n) is 4.31. The second kappa shape index (κ2) is 7.23. The number of aromatic nitrogens is 2. The van der Waals surface area contributed by atoms with Crippen LogP contribution >= 0.6 is 0 Å². The van der Waals surface area contributed by atoms with Crippen molar-refractivity contribution in [3.8, 4) is 0 Å². The molecule has 1 aliphatic rings. The van der Waals surface area contributed by atoms with Crippen LogP contribution in [0.25, 0.3) is 0 Å². The molecule has 114 valence electrons. The monoisotopic (exact) mass is 278 g/mol. The van der Waals surface area contributed by atoms with Crippen LogP contribution in [-0.4, -0.2) is 40.6 Å². The van der Waals surface area contributed by atoms with E-state index in [2.05, 4.69) is 42.6 Å². The average Bonchev–Trinajstić information content (AvgIpc) is 2.77. The third kappa shape index (κ3) is 3.61. The van der Waals surface area contributed by atoms with Gasteiger partial charge in [-0.25, -0.2) is 4.98 Å². The maximum Gasteiger partial charge on any atom is 0.109 e. The quantitative estimate of drug-likeness (QED) is 0.830. The van der Waals surface area contributed by atoms with Gasteiger partial charge in [-0.15, -0.1) is 0 Å². The summed E-state index contributed by atoms with van der Waals surface area (Å²) in [6, 6.07) is 0.631. The van der Waals surface area contributed by atoms with Crippen molar-refractivity contribution in [2.75, 3.05) is 20.1 Å². The minimum absolute atomic E-state index is 0.631. The van der Waals surface area contributed by atoms with Crippen LogP contribution in [0.3, 0.4) is 0 Å². The van der Waals surface area contributed by atoms with Crippen LogP contribution in [0, 0.1) is 0 Å². The van der Waals surface area contributed by atoms with E-state index in [0.717, 1.165) is 39.0 Å². The van der Waals surface area contributed by atoms with E-state index >= 15 is 0 Å². The van der Waals surface area contributed by atoms with Gasteiger partial charge < -0.3 is 14.8 Å². The van der Waals surface area contributed by atoms with E-state index in [-0.39, 0.29) is 0 Å². The van der Waals surface area contributed by atoms with Crippen LogP contribution in [0.4, 0.5) is 0 Å². The molecule has 1 aromatic rings. The zero-order valence-electron chi connectivity index (χ0n) is 13.6. The number of hydrogen-bond donors (Lipinski definition) is 1. The number of hydrogen-bond acceptors (Lipinski definition) is 3. The Balaban J connectivity index is 2.03. The molecule has 0 aliphatic carbocycles. The molecule has 0 bridgehead atoms. The van der Waals surface area contributed by atoms with E-state index in [1.165, 1.54) is 30.1 Å². The number of nitrogens with zero attached hydrogens (tertiary/aromatic N) is 3. The summed E-state index contributed by atoms with van der Waals surface area (Å²) in [6.45, 7) is 11.1. The molecular formula is C16H30N4. The van der Waals surface area contributed by atoms with E-state index in [1.807, 2.05) is 0 Å². The first-order chi connectivity index (χ1) is 9.63. The Morgan fingerprint density at radius 1 is 1.40 bits per heavy atom. The first kappa shape index (κ1) is 15.5. The number of fused-ring (bicyclic) bond motifs is 1. The normalized spacial score (nSPS) is 15.1. The molecule has 0 atom stereocenters. The first-order valence-corrected chi connectivity index (χ1v) is 8.11.